The molecule has 0 aromatic rings. The summed E-state index contributed by atoms with van der Waals surface area (Å²) in [5, 5.41) is 10.7. The van der Waals surface area contributed by atoms with Crippen molar-refractivity contribution in [3.63, 3.8) is 0 Å². The van der Waals surface area contributed by atoms with E-state index in [1.807, 2.05) is 6.07 Å². The Morgan fingerprint density at radius 3 is 2.91 bits per heavy atom. The second kappa shape index (κ2) is 5.24. The van der Waals surface area contributed by atoms with Crippen molar-refractivity contribution >= 4 is 5.91 Å². The molecule has 11 heavy (non-hydrogen) atoms. The van der Waals surface area contributed by atoms with Gasteiger partial charge in [-0.05, 0) is 18.6 Å². The van der Waals surface area contributed by atoms with Gasteiger partial charge in [-0.2, -0.15) is 5.26 Å². The normalized spacial score (nSPS) is 10.0. The number of nitriles is 1. The van der Waals surface area contributed by atoms with Gasteiger partial charge in [0.2, 0.25) is 5.91 Å². The van der Waals surface area contributed by atoms with Crippen molar-refractivity contribution in [2.24, 2.45) is 0 Å². The van der Waals surface area contributed by atoms with Crippen LogP contribution in [-0.4, -0.2) is 5.91 Å². The summed E-state index contributed by atoms with van der Waals surface area (Å²) >= 11 is 0. The maximum Gasteiger partial charge on any atom is 0.247 e. The third-order valence-electron chi connectivity index (χ3n) is 1.00. The zero-order valence-electron chi connectivity index (χ0n) is 6.42. The summed E-state index contributed by atoms with van der Waals surface area (Å²) in [4.78, 5) is 10.6. The van der Waals surface area contributed by atoms with Gasteiger partial charge in [0.15, 0.2) is 0 Å². The number of amides is 1. The number of nitrogens with one attached hydrogen (secondary N) is 1. The van der Waals surface area contributed by atoms with E-state index >= 15 is 0 Å². The summed E-state index contributed by atoms with van der Waals surface area (Å²) in [6.07, 6.45) is 3.01. The lowest BCUT2D eigenvalue weighted by atomic mass is 10.2. The minimum atomic E-state index is -0.262. The van der Waals surface area contributed by atoms with Gasteiger partial charge in [0.25, 0.3) is 0 Å². The summed E-state index contributed by atoms with van der Waals surface area (Å²) in [5.41, 5.74) is 0.822. The predicted octanol–water partition coefficient (Wildman–Crippen LogP) is 1.11. The molecule has 0 rings (SSSR count). The second-order valence-electron chi connectivity index (χ2n) is 2.04. The van der Waals surface area contributed by atoms with Crippen LogP contribution < -0.4 is 5.32 Å². The lowest BCUT2D eigenvalue weighted by molar-refractivity contribution is -0.115. The van der Waals surface area contributed by atoms with Crippen molar-refractivity contribution in [2.75, 3.05) is 0 Å². The van der Waals surface area contributed by atoms with E-state index in [4.69, 9.17) is 5.26 Å². The largest absolute Gasteiger partial charge is 0.329 e. The van der Waals surface area contributed by atoms with Gasteiger partial charge in [-0.1, -0.05) is 6.58 Å². The molecule has 0 atom stereocenters. The number of hydrogen-bond donors (Lipinski definition) is 1. The van der Waals surface area contributed by atoms with Crippen LogP contribution in [-0.2, 0) is 4.79 Å². The Kier molecular flexibility index (Phi) is 4.50. The van der Waals surface area contributed by atoms with Gasteiger partial charge in [-0.25, -0.2) is 0 Å². The third kappa shape index (κ3) is 4.91. The van der Waals surface area contributed by atoms with Crippen LogP contribution in [0.25, 0.3) is 0 Å². The molecule has 0 aliphatic rings. The predicted molar refractivity (Wildman–Crippen MR) is 42.3 cm³/mol. The van der Waals surface area contributed by atoms with E-state index in [1.165, 1.54) is 12.3 Å². The van der Waals surface area contributed by atoms with E-state index in [1.54, 1.807) is 6.92 Å². The van der Waals surface area contributed by atoms with Gasteiger partial charge < -0.3 is 5.32 Å². The van der Waals surface area contributed by atoms with Crippen LogP contribution in [0, 0.1) is 11.3 Å². The molecule has 3 nitrogen and oxygen atoms in total. The van der Waals surface area contributed by atoms with Crippen LogP contribution in [0.4, 0.5) is 0 Å². The lowest BCUT2D eigenvalue weighted by Crippen LogP contribution is -2.13. The fourth-order valence-corrected chi connectivity index (χ4v) is 0.429. The smallest absolute Gasteiger partial charge is 0.247 e. The van der Waals surface area contributed by atoms with Crippen LogP contribution in [0.1, 0.15) is 13.3 Å². The van der Waals surface area contributed by atoms with Crippen molar-refractivity contribution in [1.29, 1.82) is 5.26 Å². The van der Waals surface area contributed by atoms with Crippen molar-refractivity contribution < 1.29 is 4.79 Å². The zero-order chi connectivity index (χ0) is 8.69. The van der Waals surface area contributed by atoms with Crippen molar-refractivity contribution in [3.8, 4) is 6.07 Å². The molecule has 0 aliphatic carbocycles. The minimum absolute atomic E-state index is 0.262. The quantitative estimate of drug-likeness (QED) is 0.612. The van der Waals surface area contributed by atoms with E-state index in [0.29, 0.717) is 6.42 Å². The molecule has 0 saturated heterocycles. The maximum atomic E-state index is 10.6. The summed E-state index contributed by atoms with van der Waals surface area (Å²) < 4.78 is 0. The van der Waals surface area contributed by atoms with Crippen LogP contribution in [0.3, 0.4) is 0 Å². The monoisotopic (exact) mass is 150 g/mol. The first-order valence-corrected chi connectivity index (χ1v) is 3.16. The van der Waals surface area contributed by atoms with Gasteiger partial charge >= 0.3 is 0 Å². The highest BCUT2D eigenvalue weighted by Crippen LogP contribution is 1.94. The molecule has 1 amide bonds. The topological polar surface area (TPSA) is 52.9 Å². The average Bonchev–Trinajstić information content (AvgIpc) is 2.01. The van der Waals surface area contributed by atoms with Crippen LogP contribution in [0.2, 0.25) is 0 Å². The molecule has 0 radical (unpaired) electrons. The third-order valence-corrected chi connectivity index (χ3v) is 1.00. The van der Waals surface area contributed by atoms with Crippen LogP contribution in [0.5, 0.6) is 0 Å². The van der Waals surface area contributed by atoms with Crippen molar-refractivity contribution in [2.45, 2.75) is 13.3 Å². The van der Waals surface area contributed by atoms with Crippen molar-refractivity contribution in [1.82, 2.24) is 5.32 Å². The van der Waals surface area contributed by atoms with Crippen LogP contribution in [0.15, 0.2) is 24.4 Å². The van der Waals surface area contributed by atoms with E-state index in [0.717, 1.165) is 5.57 Å². The number of allylic oxidation sites excluding steroid dienone is 1. The Hall–Kier alpha value is -1.56. The fraction of sp³-hybridized carbons (Fsp3) is 0.250. The summed E-state index contributed by atoms with van der Waals surface area (Å²) in [7, 11) is 0. The molecule has 0 fully saturated rings. The first kappa shape index (κ1) is 9.44. The SMILES string of the molecule is C=CC(=O)N/C=C(\C)CC#N. The first-order valence-electron chi connectivity index (χ1n) is 3.16. The van der Waals surface area contributed by atoms with E-state index in [2.05, 4.69) is 11.9 Å². The van der Waals surface area contributed by atoms with E-state index < -0.39 is 0 Å². The second-order valence-corrected chi connectivity index (χ2v) is 2.04. The van der Waals surface area contributed by atoms with Gasteiger partial charge in [0, 0.05) is 6.20 Å². The fourth-order valence-electron chi connectivity index (χ4n) is 0.429. The number of carbonyl (C=O) groups excluding carboxylic acids is 1. The molecule has 1 N–H and O–H groups in total. The van der Waals surface area contributed by atoms with Crippen LogP contribution >= 0.6 is 0 Å². The molecule has 0 heterocycles. The molecule has 58 valence electrons. The highest BCUT2D eigenvalue weighted by molar-refractivity contribution is 5.87. The molecule has 0 aliphatic heterocycles. The number of nitrogens with zero attached hydrogens (tertiary/aromatic N) is 1. The molecular weight excluding hydrogens is 140 g/mol. The van der Waals surface area contributed by atoms with E-state index in [-0.39, 0.29) is 5.91 Å². The highest BCUT2D eigenvalue weighted by atomic mass is 16.1. The molecule has 0 unspecified atom stereocenters. The van der Waals surface area contributed by atoms with Gasteiger partial charge in [-0.15, -0.1) is 0 Å². The highest BCUT2D eigenvalue weighted by Gasteiger charge is 1.89. The maximum absolute atomic E-state index is 10.6. The van der Waals surface area contributed by atoms with Gasteiger partial charge in [0.05, 0.1) is 12.5 Å². The number of rotatable bonds is 3. The lowest BCUT2D eigenvalue weighted by Gasteiger charge is -1.94. The Morgan fingerprint density at radius 2 is 2.45 bits per heavy atom. The Bertz CT molecular complexity index is 223. The summed E-state index contributed by atoms with van der Waals surface area (Å²) in [5.74, 6) is -0.262. The Balaban J connectivity index is 3.83. The molecule has 3 heteroatoms. The minimum Gasteiger partial charge on any atom is -0.329 e. The van der Waals surface area contributed by atoms with Gasteiger partial charge in [-0.3, -0.25) is 4.79 Å². The average molecular weight is 150 g/mol. The molecule has 0 saturated carbocycles. The molecule has 0 aromatic heterocycles. The van der Waals surface area contributed by atoms with Crippen molar-refractivity contribution in [3.05, 3.63) is 24.4 Å². The summed E-state index contributed by atoms with van der Waals surface area (Å²) in [6.45, 7) is 5.05. The molecule has 0 spiro atoms. The molecular formula is C8H10N2O. The Morgan fingerprint density at radius 1 is 1.82 bits per heavy atom. The zero-order valence-corrected chi connectivity index (χ0v) is 6.42. The molecule has 0 aromatic carbocycles. The number of hydrogen-bond acceptors (Lipinski definition) is 2. The number of carbonyl (C=O) groups is 1. The summed E-state index contributed by atoms with van der Waals surface area (Å²) in [6, 6.07) is 1.96. The standard InChI is InChI=1S/C8H10N2O/c1-3-8(11)10-6-7(2)4-5-9/h3,6H,1,4H2,2H3,(H,10,11)/b7-6+. The van der Waals surface area contributed by atoms with E-state index in [9.17, 15) is 4.79 Å². The van der Waals surface area contributed by atoms with Gasteiger partial charge in [0.1, 0.15) is 0 Å². The first-order chi connectivity index (χ1) is 5.20. The molecule has 0 bridgehead atoms. The Labute approximate surface area is 66.0 Å².